The molecule has 1 unspecified atom stereocenters. The summed E-state index contributed by atoms with van der Waals surface area (Å²) in [6.07, 6.45) is 2.39. The first-order chi connectivity index (χ1) is 9.16. The van der Waals surface area contributed by atoms with Crippen LogP contribution in [0.25, 0.3) is 0 Å². The van der Waals surface area contributed by atoms with Crippen molar-refractivity contribution in [1.29, 1.82) is 0 Å². The van der Waals surface area contributed by atoms with E-state index in [2.05, 4.69) is 15.9 Å². The lowest BCUT2D eigenvalue weighted by Gasteiger charge is -2.23. The lowest BCUT2D eigenvalue weighted by molar-refractivity contribution is -0.137. The van der Waals surface area contributed by atoms with Crippen molar-refractivity contribution in [2.24, 2.45) is 5.92 Å². The fourth-order valence-corrected chi connectivity index (χ4v) is 3.34. The van der Waals surface area contributed by atoms with Crippen LogP contribution in [0, 0.1) is 5.92 Å². The number of rotatable bonds is 4. The Morgan fingerprint density at radius 2 is 2.11 bits per heavy atom. The summed E-state index contributed by atoms with van der Waals surface area (Å²) < 4.78 is 12.0. The van der Waals surface area contributed by atoms with Gasteiger partial charge in [0, 0.05) is 0 Å². The second kappa shape index (κ2) is 5.04. The van der Waals surface area contributed by atoms with E-state index in [-0.39, 0.29) is 12.3 Å². The van der Waals surface area contributed by atoms with Crippen molar-refractivity contribution in [3.63, 3.8) is 0 Å². The molecule has 1 fully saturated rings. The first-order valence-corrected chi connectivity index (χ1v) is 7.26. The molecule has 102 valence electrons. The first kappa shape index (κ1) is 12.8. The minimum absolute atomic E-state index is 0.0581. The molecule has 1 saturated carbocycles. The van der Waals surface area contributed by atoms with Crippen molar-refractivity contribution in [1.82, 2.24) is 0 Å². The molecule has 0 saturated heterocycles. The number of carbonyl (C=O) groups is 1. The van der Waals surface area contributed by atoms with E-state index in [0.29, 0.717) is 24.9 Å². The van der Waals surface area contributed by atoms with Crippen LogP contribution in [0.1, 0.15) is 30.7 Å². The molecule has 0 aromatic heterocycles. The van der Waals surface area contributed by atoms with E-state index in [4.69, 9.17) is 14.6 Å². The molecule has 1 aromatic carbocycles. The number of ether oxygens (including phenoxy) is 2. The summed E-state index contributed by atoms with van der Waals surface area (Å²) in [5, 5.41) is 9.08. The molecule has 0 spiro atoms. The van der Waals surface area contributed by atoms with Crippen LogP contribution in [0.4, 0.5) is 0 Å². The molecule has 0 radical (unpaired) electrons. The first-order valence-electron chi connectivity index (χ1n) is 6.46. The SMILES string of the molecule is O=C(O)CC(c1ccc2c(c1Br)OCCO2)C1CC1. The zero-order valence-electron chi connectivity index (χ0n) is 10.4. The summed E-state index contributed by atoms with van der Waals surface area (Å²) >= 11 is 3.56. The van der Waals surface area contributed by atoms with Gasteiger partial charge in [0.1, 0.15) is 13.2 Å². The summed E-state index contributed by atoms with van der Waals surface area (Å²) in [4.78, 5) is 11.0. The highest BCUT2D eigenvalue weighted by Crippen LogP contribution is 2.50. The van der Waals surface area contributed by atoms with Crippen LogP contribution in [-0.4, -0.2) is 24.3 Å². The Labute approximate surface area is 119 Å². The van der Waals surface area contributed by atoms with Gasteiger partial charge in [-0.05, 0) is 52.2 Å². The molecule has 1 aromatic rings. The van der Waals surface area contributed by atoms with Gasteiger partial charge in [-0.25, -0.2) is 0 Å². The van der Waals surface area contributed by atoms with E-state index in [0.717, 1.165) is 28.6 Å². The number of halogens is 1. The van der Waals surface area contributed by atoms with Crippen molar-refractivity contribution in [2.45, 2.75) is 25.2 Å². The normalized spacial score (nSPS) is 19.0. The van der Waals surface area contributed by atoms with Crippen LogP contribution >= 0.6 is 15.9 Å². The summed E-state index contributed by atoms with van der Waals surface area (Å²) in [5.41, 5.74) is 1.02. The smallest absolute Gasteiger partial charge is 0.303 e. The molecular weight excluding hydrogens is 312 g/mol. The highest BCUT2D eigenvalue weighted by atomic mass is 79.9. The van der Waals surface area contributed by atoms with Crippen LogP contribution in [0.5, 0.6) is 11.5 Å². The van der Waals surface area contributed by atoms with Gasteiger partial charge < -0.3 is 14.6 Å². The Balaban J connectivity index is 1.96. The van der Waals surface area contributed by atoms with Crippen LogP contribution in [0.2, 0.25) is 0 Å². The third-order valence-electron chi connectivity index (χ3n) is 3.66. The third-order valence-corrected chi connectivity index (χ3v) is 4.48. The standard InChI is InChI=1S/C14H15BrO4/c15-13-9(10(7-12(16)17)8-1-2-8)3-4-11-14(13)19-6-5-18-11/h3-4,8,10H,1-2,5-7H2,(H,16,17). The number of hydrogen-bond acceptors (Lipinski definition) is 3. The number of hydrogen-bond donors (Lipinski definition) is 1. The summed E-state index contributed by atoms with van der Waals surface area (Å²) in [6, 6.07) is 3.84. The van der Waals surface area contributed by atoms with Gasteiger partial charge in [0.15, 0.2) is 11.5 Å². The minimum Gasteiger partial charge on any atom is -0.486 e. The second-order valence-electron chi connectivity index (χ2n) is 5.03. The fraction of sp³-hybridized carbons (Fsp3) is 0.500. The van der Waals surface area contributed by atoms with Gasteiger partial charge >= 0.3 is 5.97 Å². The van der Waals surface area contributed by atoms with Gasteiger partial charge in [-0.15, -0.1) is 0 Å². The van der Waals surface area contributed by atoms with Crippen molar-refractivity contribution >= 4 is 21.9 Å². The van der Waals surface area contributed by atoms with Gasteiger partial charge in [0.25, 0.3) is 0 Å². The fourth-order valence-electron chi connectivity index (χ4n) is 2.60. The lowest BCUT2D eigenvalue weighted by Crippen LogP contribution is -2.17. The number of carboxylic acid groups (broad SMARTS) is 1. The molecule has 4 nitrogen and oxygen atoms in total. The van der Waals surface area contributed by atoms with Crippen LogP contribution in [-0.2, 0) is 4.79 Å². The van der Waals surface area contributed by atoms with E-state index in [1.165, 1.54) is 0 Å². The summed E-state index contributed by atoms with van der Waals surface area (Å²) in [7, 11) is 0. The van der Waals surface area contributed by atoms with E-state index in [1.807, 2.05) is 12.1 Å². The van der Waals surface area contributed by atoms with E-state index < -0.39 is 5.97 Å². The molecular formula is C14H15BrO4. The molecule has 1 aliphatic heterocycles. The second-order valence-corrected chi connectivity index (χ2v) is 5.83. The maximum absolute atomic E-state index is 11.0. The van der Waals surface area contributed by atoms with Gasteiger partial charge in [-0.3, -0.25) is 4.79 Å². The molecule has 19 heavy (non-hydrogen) atoms. The van der Waals surface area contributed by atoms with Crippen LogP contribution < -0.4 is 9.47 Å². The van der Waals surface area contributed by atoms with Crippen molar-refractivity contribution in [2.75, 3.05) is 13.2 Å². The van der Waals surface area contributed by atoms with Crippen LogP contribution in [0.15, 0.2) is 16.6 Å². The summed E-state index contributed by atoms with van der Waals surface area (Å²) in [5.74, 6) is 1.22. The Morgan fingerprint density at radius 1 is 1.37 bits per heavy atom. The monoisotopic (exact) mass is 326 g/mol. The molecule has 1 aliphatic carbocycles. The predicted octanol–water partition coefficient (Wildman–Crippen LogP) is 3.19. The highest BCUT2D eigenvalue weighted by Gasteiger charge is 2.36. The highest BCUT2D eigenvalue weighted by molar-refractivity contribution is 9.10. The number of benzene rings is 1. The van der Waals surface area contributed by atoms with Crippen LogP contribution in [0.3, 0.4) is 0 Å². The van der Waals surface area contributed by atoms with Gasteiger partial charge in [0.2, 0.25) is 0 Å². The van der Waals surface area contributed by atoms with Crippen molar-refractivity contribution in [3.8, 4) is 11.5 Å². The maximum atomic E-state index is 11.0. The Kier molecular flexibility index (Phi) is 3.39. The topological polar surface area (TPSA) is 55.8 Å². The largest absolute Gasteiger partial charge is 0.486 e. The van der Waals surface area contributed by atoms with Crippen molar-refractivity contribution in [3.05, 3.63) is 22.2 Å². The number of fused-ring (bicyclic) bond motifs is 1. The molecule has 1 N–H and O–H groups in total. The molecule has 1 atom stereocenters. The zero-order chi connectivity index (χ0) is 13.4. The molecule has 5 heteroatoms. The van der Waals surface area contributed by atoms with Gasteiger partial charge in [-0.2, -0.15) is 0 Å². The number of aliphatic carboxylic acids is 1. The minimum atomic E-state index is -0.751. The Hall–Kier alpha value is -1.23. The lowest BCUT2D eigenvalue weighted by atomic mass is 9.90. The third kappa shape index (κ3) is 2.56. The summed E-state index contributed by atoms with van der Waals surface area (Å²) in [6.45, 7) is 1.09. The Morgan fingerprint density at radius 3 is 2.79 bits per heavy atom. The molecule has 1 heterocycles. The van der Waals surface area contributed by atoms with E-state index >= 15 is 0 Å². The average molecular weight is 327 g/mol. The average Bonchev–Trinajstić information content (AvgIpc) is 3.21. The van der Waals surface area contributed by atoms with Crippen molar-refractivity contribution < 1.29 is 19.4 Å². The van der Waals surface area contributed by atoms with Gasteiger partial charge in [0.05, 0.1) is 10.9 Å². The van der Waals surface area contributed by atoms with E-state index in [1.54, 1.807) is 0 Å². The predicted molar refractivity (Wildman–Crippen MR) is 72.8 cm³/mol. The molecule has 2 aliphatic rings. The quantitative estimate of drug-likeness (QED) is 0.923. The van der Waals surface area contributed by atoms with E-state index in [9.17, 15) is 4.79 Å². The molecule has 0 amide bonds. The molecule has 0 bridgehead atoms. The zero-order valence-corrected chi connectivity index (χ0v) is 12.0. The van der Waals surface area contributed by atoms with Gasteiger partial charge in [-0.1, -0.05) is 6.07 Å². The maximum Gasteiger partial charge on any atom is 0.303 e. The Bertz CT molecular complexity index is 510. The molecule has 3 rings (SSSR count). The number of carboxylic acids is 1.